The predicted molar refractivity (Wildman–Crippen MR) is 91.5 cm³/mol. The lowest BCUT2D eigenvalue weighted by atomic mass is 10.1. The zero-order valence-corrected chi connectivity index (χ0v) is 13.2. The summed E-state index contributed by atoms with van der Waals surface area (Å²) < 4.78 is 0. The van der Waals surface area contributed by atoms with Crippen molar-refractivity contribution >= 4 is 6.41 Å². The molecule has 2 rings (SSSR count). The molecule has 116 valence electrons. The fraction of sp³-hybridized carbons (Fsp3) is 0.350. The lowest BCUT2D eigenvalue weighted by Crippen LogP contribution is -2.22. The first kappa shape index (κ1) is 16.3. The zero-order chi connectivity index (χ0) is 15.5. The fourth-order valence-corrected chi connectivity index (χ4v) is 2.63. The molecule has 2 heteroatoms. The number of amides is 1. The molecule has 0 heterocycles. The summed E-state index contributed by atoms with van der Waals surface area (Å²) >= 11 is 0. The molecule has 0 aliphatic rings. The molecule has 0 spiro atoms. The largest absolute Gasteiger partial charge is 0.341 e. The number of rotatable bonds is 10. The molecule has 0 aromatic heterocycles. The van der Waals surface area contributed by atoms with Gasteiger partial charge in [-0.25, -0.2) is 0 Å². The molecular weight excluding hydrogens is 270 g/mol. The van der Waals surface area contributed by atoms with Crippen LogP contribution in [0.15, 0.2) is 60.7 Å². The van der Waals surface area contributed by atoms with Crippen LogP contribution in [0.2, 0.25) is 0 Å². The average Bonchev–Trinajstić information content (AvgIpc) is 2.58. The van der Waals surface area contributed by atoms with Gasteiger partial charge in [-0.3, -0.25) is 4.79 Å². The molecule has 0 saturated heterocycles. The smallest absolute Gasteiger partial charge is 0.210 e. The summed E-state index contributed by atoms with van der Waals surface area (Å²) in [5.74, 6) is 0. The number of nitrogens with zero attached hydrogens (tertiary/aromatic N) is 1. The first-order valence-corrected chi connectivity index (χ1v) is 8.15. The number of benzene rings is 2. The molecule has 0 saturated carbocycles. The highest BCUT2D eigenvalue weighted by Gasteiger charge is 2.02. The molecule has 2 aromatic carbocycles. The van der Waals surface area contributed by atoms with Gasteiger partial charge in [-0.2, -0.15) is 0 Å². The van der Waals surface area contributed by atoms with Crippen molar-refractivity contribution in [1.29, 1.82) is 0 Å². The van der Waals surface area contributed by atoms with Crippen molar-refractivity contribution in [3.8, 4) is 0 Å². The summed E-state index contributed by atoms with van der Waals surface area (Å²) in [6.07, 6.45) is 6.85. The maximum Gasteiger partial charge on any atom is 0.210 e. The molecule has 0 fully saturated rings. The third-order valence-corrected chi connectivity index (χ3v) is 3.88. The summed E-state index contributed by atoms with van der Waals surface area (Å²) in [4.78, 5) is 13.0. The molecule has 0 aliphatic carbocycles. The van der Waals surface area contributed by atoms with Gasteiger partial charge in [0, 0.05) is 13.1 Å². The lowest BCUT2D eigenvalue weighted by Gasteiger charge is -2.17. The van der Waals surface area contributed by atoms with Crippen LogP contribution in [0, 0.1) is 0 Å². The second-order valence-electron chi connectivity index (χ2n) is 5.71. The Morgan fingerprint density at radius 2 is 1.32 bits per heavy atom. The summed E-state index contributed by atoms with van der Waals surface area (Å²) in [6.45, 7) is 1.57. The molecule has 0 radical (unpaired) electrons. The topological polar surface area (TPSA) is 20.3 Å². The van der Waals surface area contributed by atoms with E-state index >= 15 is 0 Å². The third-order valence-electron chi connectivity index (χ3n) is 3.88. The molecule has 1 amide bonds. The van der Waals surface area contributed by atoms with Gasteiger partial charge in [0.2, 0.25) is 6.41 Å². The molecule has 2 nitrogen and oxygen atoms in total. The standard InChI is InChI=1S/C20H25NO/c22-18-21(17-20-14-8-4-9-15-20)16-10-2-1-5-11-19-12-6-3-7-13-19/h3-4,6-9,12-15,18H,1-2,5,10-11,16-17H2. The van der Waals surface area contributed by atoms with Gasteiger partial charge < -0.3 is 4.90 Å². The quantitative estimate of drug-likeness (QED) is 0.468. The van der Waals surface area contributed by atoms with Crippen molar-refractivity contribution < 1.29 is 4.79 Å². The summed E-state index contributed by atoms with van der Waals surface area (Å²) in [5, 5.41) is 0. The van der Waals surface area contributed by atoms with Gasteiger partial charge >= 0.3 is 0 Å². The molecule has 2 aromatic rings. The highest BCUT2D eigenvalue weighted by atomic mass is 16.1. The second kappa shape index (κ2) is 9.78. The van der Waals surface area contributed by atoms with Crippen LogP contribution in [-0.4, -0.2) is 17.9 Å². The minimum absolute atomic E-state index is 0.717. The summed E-state index contributed by atoms with van der Waals surface area (Å²) in [5.41, 5.74) is 2.61. The van der Waals surface area contributed by atoms with Gasteiger partial charge in [-0.1, -0.05) is 73.5 Å². The van der Waals surface area contributed by atoms with Crippen molar-refractivity contribution in [1.82, 2.24) is 4.90 Å². The van der Waals surface area contributed by atoms with Crippen LogP contribution in [0.25, 0.3) is 0 Å². The van der Waals surface area contributed by atoms with Crippen LogP contribution in [0.3, 0.4) is 0 Å². The number of carbonyl (C=O) groups excluding carboxylic acids is 1. The van der Waals surface area contributed by atoms with Gasteiger partial charge in [-0.05, 0) is 30.4 Å². The van der Waals surface area contributed by atoms with E-state index in [1.807, 2.05) is 23.1 Å². The molecule has 0 aliphatic heterocycles. The normalized spacial score (nSPS) is 10.4. The van der Waals surface area contributed by atoms with E-state index in [0.717, 1.165) is 25.8 Å². The van der Waals surface area contributed by atoms with Crippen LogP contribution < -0.4 is 0 Å². The van der Waals surface area contributed by atoms with Crippen molar-refractivity contribution in [2.24, 2.45) is 0 Å². The highest BCUT2D eigenvalue weighted by molar-refractivity contribution is 5.47. The molecule has 0 unspecified atom stereocenters. The first-order valence-electron chi connectivity index (χ1n) is 8.15. The Labute approximate surface area is 133 Å². The number of aryl methyl sites for hydroxylation is 1. The van der Waals surface area contributed by atoms with Crippen LogP contribution in [0.4, 0.5) is 0 Å². The Kier molecular flexibility index (Phi) is 7.24. The molecule has 0 atom stereocenters. The molecule has 0 N–H and O–H groups in total. The van der Waals surface area contributed by atoms with Crippen LogP contribution >= 0.6 is 0 Å². The van der Waals surface area contributed by atoms with E-state index in [9.17, 15) is 4.79 Å². The van der Waals surface area contributed by atoms with Crippen molar-refractivity contribution in [2.45, 2.75) is 38.6 Å². The van der Waals surface area contributed by atoms with Gasteiger partial charge in [0.1, 0.15) is 0 Å². The van der Waals surface area contributed by atoms with Gasteiger partial charge in [0.15, 0.2) is 0 Å². The SMILES string of the molecule is O=CN(CCCCCCc1ccccc1)Cc1ccccc1. The van der Waals surface area contributed by atoms with E-state index in [4.69, 9.17) is 0 Å². The fourth-order valence-electron chi connectivity index (χ4n) is 2.63. The van der Waals surface area contributed by atoms with Crippen LogP contribution in [0.5, 0.6) is 0 Å². The third kappa shape index (κ3) is 6.13. The van der Waals surface area contributed by atoms with Crippen molar-refractivity contribution in [3.63, 3.8) is 0 Å². The number of hydrogen-bond donors (Lipinski definition) is 0. The average molecular weight is 295 g/mol. The minimum atomic E-state index is 0.717. The molecule has 0 bridgehead atoms. The second-order valence-corrected chi connectivity index (χ2v) is 5.71. The Balaban J connectivity index is 1.58. The van der Waals surface area contributed by atoms with E-state index in [2.05, 4.69) is 42.5 Å². The predicted octanol–water partition coefficient (Wildman–Crippen LogP) is 4.45. The van der Waals surface area contributed by atoms with Gasteiger partial charge in [0.25, 0.3) is 0 Å². The van der Waals surface area contributed by atoms with E-state index in [1.165, 1.54) is 30.4 Å². The summed E-state index contributed by atoms with van der Waals surface area (Å²) in [7, 11) is 0. The lowest BCUT2D eigenvalue weighted by molar-refractivity contribution is -0.118. The minimum Gasteiger partial charge on any atom is -0.341 e. The van der Waals surface area contributed by atoms with Crippen LogP contribution in [-0.2, 0) is 17.8 Å². The number of carbonyl (C=O) groups is 1. The van der Waals surface area contributed by atoms with E-state index < -0.39 is 0 Å². The van der Waals surface area contributed by atoms with Crippen LogP contribution in [0.1, 0.15) is 36.8 Å². The number of hydrogen-bond acceptors (Lipinski definition) is 1. The first-order chi connectivity index (χ1) is 10.9. The Morgan fingerprint density at radius 1 is 0.727 bits per heavy atom. The van der Waals surface area contributed by atoms with E-state index in [0.29, 0.717) is 6.54 Å². The molecule has 22 heavy (non-hydrogen) atoms. The van der Waals surface area contributed by atoms with Crippen molar-refractivity contribution in [2.75, 3.05) is 6.54 Å². The maximum absolute atomic E-state index is 11.1. The summed E-state index contributed by atoms with van der Waals surface area (Å²) in [6, 6.07) is 20.8. The van der Waals surface area contributed by atoms with E-state index in [-0.39, 0.29) is 0 Å². The van der Waals surface area contributed by atoms with Gasteiger partial charge in [0.05, 0.1) is 0 Å². The molecular formula is C20H25NO. The monoisotopic (exact) mass is 295 g/mol. The Bertz CT molecular complexity index is 524. The zero-order valence-electron chi connectivity index (χ0n) is 13.2. The maximum atomic E-state index is 11.1. The Morgan fingerprint density at radius 3 is 1.95 bits per heavy atom. The van der Waals surface area contributed by atoms with Gasteiger partial charge in [-0.15, -0.1) is 0 Å². The van der Waals surface area contributed by atoms with E-state index in [1.54, 1.807) is 0 Å². The van der Waals surface area contributed by atoms with Crippen molar-refractivity contribution in [3.05, 3.63) is 71.8 Å². The highest BCUT2D eigenvalue weighted by Crippen LogP contribution is 2.09. The number of unbranched alkanes of at least 4 members (excludes halogenated alkanes) is 3. The Hall–Kier alpha value is -2.09.